The van der Waals surface area contributed by atoms with Crippen LogP contribution in [0.25, 0.3) is 0 Å². The second-order valence-corrected chi connectivity index (χ2v) is 10.7. The van der Waals surface area contributed by atoms with Crippen molar-refractivity contribution in [1.29, 1.82) is 0 Å². The Kier molecular flexibility index (Phi) is 6.49. The standard InChI is InChI=1S/C24H33N3O4S/c1-17-5-8-20(9-6-17)32(28,29)26-25-19-11-12-24(13-14-27(2)23(24)16-19)18-7-10-21(30-3)22(15-18)31-4/h5-10,15,19,23,25-26H,11-14,16H2,1-4H3/t19?,23-,24-/m0/s1. The molecule has 0 aromatic heterocycles. The van der Waals surface area contributed by atoms with Crippen molar-refractivity contribution in [3.8, 4) is 11.5 Å². The molecule has 2 aromatic rings. The number of rotatable bonds is 7. The van der Waals surface area contributed by atoms with Crippen molar-refractivity contribution in [1.82, 2.24) is 15.2 Å². The summed E-state index contributed by atoms with van der Waals surface area (Å²) in [4.78, 5) is 5.28. The Morgan fingerprint density at radius 2 is 1.75 bits per heavy atom. The molecular weight excluding hydrogens is 426 g/mol. The number of hydrazine groups is 1. The molecule has 2 aromatic carbocycles. The van der Waals surface area contributed by atoms with Crippen LogP contribution in [0.1, 0.15) is 36.8 Å². The number of methoxy groups -OCH3 is 2. The van der Waals surface area contributed by atoms with Crippen molar-refractivity contribution in [2.24, 2.45) is 0 Å². The summed E-state index contributed by atoms with van der Waals surface area (Å²) >= 11 is 0. The zero-order valence-electron chi connectivity index (χ0n) is 19.2. The Bertz CT molecular complexity index is 1060. The van der Waals surface area contributed by atoms with Gasteiger partial charge in [0.1, 0.15) is 0 Å². The van der Waals surface area contributed by atoms with E-state index in [1.165, 1.54) is 5.56 Å². The van der Waals surface area contributed by atoms with Crippen LogP contribution < -0.4 is 19.7 Å². The van der Waals surface area contributed by atoms with Gasteiger partial charge >= 0.3 is 0 Å². The molecule has 7 nitrogen and oxygen atoms in total. The van der Waals surface area contributed by atoms with Gasteiger partial charge in [0, 0.05) is 17.5 Å². The maximum Gasteiger partial charge on any atom is 0.253 e. The van der Waals surface area contributed by atoms with E-state index in [2.05, 4.69) is 34.3 Å². The van der Waals surface area contributed by atoms with Crippen molar-refractivity contribution in [3.63, 3.8) is 0 Å². The lowest BCUT2D eigenvalue weighted by atomic mass is 9.65. The molecule has 0 amide bonds. The minimum Gasteiger partial charge on any atom is -0.493 e. The van der Waals surface area contributed by atoms with Crippen LogP contribution in [-0.4, -0.2) is 53.2 Å². The Labute approximate surface area is 191 Å². The normalized spacial score (nSPS) is 26.0. The van der Waals surface area contributed by atoms with Gasteiger partial charge < -0.3 is 14.4 Å². The number of hydrogen-bond donors (Lipinski definition) is 2. The molecule has 1 aliphatic carbocycles. The largest absolute Gasteiger partial charge is 0.493 e. The van der Waals surface area contributed by atoms with E-state index >= 15 is 0 Å². The molecule has 1 unspecified atom stereocenters. The number of ether oxygens (including phenoxy) is 2. The molecule has 2 fully saturated rings. The number of benzene rings is 2. The van der Waals surface area contributed by atoms with Crippen LogP contribution in [0.3, 0.4) is 0 Å². The molecule has 174 valence electrons. The van der Waals surface area contributed by atoms with E-state index in [0.29, 0.717) is 6.04 Å². The Balaban J connectivity index is 1.50. The van der Waals surface area contributed by atoms with Crippen LogP contribution in [0, 0.1) is 6.92 Å². The molecule has 1 aliphatic heterocycles. The van der Waals surface area contributed by atoms with Crippen LogP contribution in [0.5, 0.6) is 11.5 Å². The van der Waals surface area contributed by atoms with Gasteiger partial charge in [-0.2, -0.15) is 0 Å². The smallest absolute Gasteiger partial charge is 0.253 e. The molecule has 8 heteroatoms. The molecule has 2 aliphatic rings. The first-order valence-corrected chi connectivity index (χ1v) is 12.5. The number of sulfonamides is 1. The predicted octanol–water partition coefficient (Wildman–Crippen LogP) is 2.99. The molecule has 0 bridgehead atoms. The summed E-state index contributed by atoms with van der Waals surface area (Å²) in [5.41, 5.74) is 5.43. The second kappa shape index (κ2) is 9.02. The van der Waals surface area contributed by atoms with Crippen LogP contribution >= 0.6 is 0 Å². The third kappa shape index (κ3) is 4.24. The molecule has 32 heavy (non-hydrogen) atoms. The van der Waals surface area contributed by atoms with Gasteiger partial charge in [-0.25, -0.2) is 13.8 Å². The highest BCUT2D eigenvalue weighted by atomic mass is 32.2. The van der Waals surface area contributed by atoms with Gasteiger partial charge in [0.05, 0.1) is 19.1 Å². The average Bonchev–Trinajstić information content (AvgIpc) is 3.14. The number of likely N-dealkylation sites (N-methyl/N-ethyl adjacent to an activating group) is 1. The summed E-state index contributed by atoms with van der Waals surface area (Å²) in [5, 5.41) is 0. The molecule has 0 spiro atoms. The molecule has 1 heterocycles. The second-order valence-electron chi connectivity index (χ2n) is 9.01. The van der Waals surface area contributed by atoms with E-state index in [0.717, 1.165) is 49.3 Å². The van der Waals surface area contributed by atoms with Crippen molar-refractivity contribution < 1.29 is 17.9 Å². The fraction of sp³-hybridized carbons (Fsp3) is 0.500. The van der Waals surface area contributed by atoms with Gasteiger partial charge in [0.15, 0.2) is 11.5 Å². The van der Waals surface area contributed by atoms with E-state index in [-0.39, 0.29) is 16.4 Å². The minimum absolute atomic E-state index is 0.0301. The minimum atomic E-state index is -3.60. The van der Waals surface area contributed by atoms with Gasteiger partial charge in [-0.15, -0.1) is 4.83 Å². The van der Waals surface area contributed by atoms with E-state index in [9.17, 15) is 8.42 Å². The third-order valence-electron chi connectivity index (χ3n) is 7.21. The van der Waals surface area contributed by atoms with E-state index in [4.69, 9.17) is 9.47 Å². The summed E-state index contributed by atoms with van der Waals surface area (Å²) in [7, 11) is 1.87. The number of likely N-dealkylation sites (tertiary alicyclic amines) is 1. The van der Waals surface area contributed by atoms with Gasteiger partial charge in [0.2, 0.25) is 0 Å². The fourth-order valence-corrected chi connectivity index (χ4v) is 6.27. The summed E-state index contributed by atoms with van der Waals surface area (Å²) in [6, 6.07) is 13.5. The van der Waals surface area contributed by atoms with Crippen molar-refractivity contribution >= 4 is 10.0 Å². The fourth-order valence-electron chi connectivity index (χ4n) is 5.33. The highest BCUT2D eigenvalue weighted by Crippen LogP contribution is 2.49. The molecule has 3 atom stereocenters. The first-order valence-electron chi connectivity index (χ1n) is 11.1. The maximum atomic E-state index is 12.7. The van der Waals surface area contributed by atoms with Gasteiger partial charge in [-0.05, 0) is 76.0 Å². The number of hydrogen-bond acceptors (Lipinski definition) is 6. The number of nitrogens with zero attached hydrogens (tertiary/aromatic N) is 1. The zero-order valence-corrected chi connectivity index (χ0v) is 20.0. The van der Waals surface area contributed by atoms with Crippen LogP contribution in [-0.2, 0) is 15.4 Å². The Morgan fingerprint density at radius 3 is 2.44 bits per heavy atom. The third-order valence-corrected chi connectivity index (χ3v) is 8.49. The van der Waals surface area contributed by atoms with Gasteiger partial charge in [-0.1, -0.05) is 23.8 Å². The quantitative estimate of drug-likeness (QED) is 0.620. The molecule has 2 N–H and O–H groups in total. The topological polar surface area (TPSA) is 79.9 Å². The molecular formula is C24H33N3O4S. The Morgan fingerprint density at radius 1 is 1.03 bits per heavy atom. The van der Waals surface area contributed by atoms with Gasteiger partial charge in [0.25, 0.3) is 10.0 Å². The lowest BCUT2D eigenvalue weighted by molar-refractivity contribution is 0.152. The number of nitrogens with one attached hydrogen (secondary N) is 2. The number of fused-ring (bicyclic) bond motifs is 1. The van der Waals surface area contributed by atoms with Crippen LogP contribution in [0.2, 0.25) is 0 Å². The van der Waals surface area contributed by atoms with E-state index < -0.39 is 10.0 Å². The molecule has 0 radical (unpaired) electrons. The maximum absolute atomic E-state index is 12.7. The Hall–Kier alpha value is -2.13. The molecule has 4 rings (SSSR count). The van der Waals surface area contributed by atoms with Crippen molar-refractivity contribution in [2.45, 2.75) is 55.0 Å². The summed E-state index contributed by atoms with van der Waals surface area (Å²) < 4.78 is 36.3. The highest BCUT2D eigenvalue weighted by Gasteiger charge is 2.50. The summed E-state index contributed by atoms with van der Waals surface area (Å²) in [6.45, 7) is 2.95. The monoisotopic (exact) mass is 459 g/mol. The lowest BCUT2D eigenvalue weighted by Gasteiger charge is -2.45. The average molecular weight is 460 g/mol. The van der Waals surface area contributed by atoms with Crippen molar-refractivity contribution in [2.75, 3.05) is 27.8 Å². The van der Waals surface area contributed by atoms with E-state index in [1.54, 1.807) is 38.5 Å². The number of aryl methyl sites for hydroxylation is 1. The van der Waals surface area contributed by atoms with Crippen molar-refractivity contribution in [3.05, 3.63) is 53.6 Å². The molecule has 1 saturated carbocycles. The first-order chi connectivity index (χ1) is 15.3. The van der Waals surface area contributed by atoms with Crippen LogP contribution in [0.4, 0.5) is 0 Å². The predicted molar refractivity (Wildman–Crippen MR) is 125 cm³/mol. The zero-order chi connectivity index (χ0) is 22.9. The van der Waals surface area contributed by atoms with Gasteiger partial charge in [-0.3, -0.25) is 0 Å². The molecule has 1 saturated heterocycles. The lowest BCUT2D eigenvalue weighted by Crippen LogP contribution is -2.54. The first kappa shape index (κ1) is 23.0. The van der Waals surface area contributed by atoms with E-state index in [1.807, 2.05) is 13.0 Å². The SMILES string of the molecule is COc1ccc([C@@]23CCC(NNS(=O)(=O)c4ccc(C)cc4)C[C@@H]2N(C)CC3)cc1OC. The highest BCUT2D eigenvalue weighted by molar-refractivity contribution is 7.89. The summed E-state index contributed by atoms with van der Waals surface area (Å²) in [6.07, 6.45) is 3.79. The summed E-state index contributed by atoms with van der Waals surface area (Å²) in [5.74, 6) is 1.48. The van der Waals surface area contributed by atoms with Crippen LogP contribution in [0.15, 0.2) is 47.4 Å².